The predicted octanol–water partition coefficient (Wildman–Crippen LogP) is 1.75. The Balaban J connectivity index is 4.08. The molecule has 0 bridgehead atoms. The van der Waals surface area contributed by atoms with E-state index in [0.717, 1.165) is 19.4 Å². The average Bonchev–Trinajstić information content (AvgIpc) is 2.40. The lowest BCUT2D eigenvalue weighted by Crippen LogP contribution is -2.50. The molecule has 0 radical (unpaired) electrons. The van der Waals surface area contributed by atoms with Crippen LogP contribution in [-0.2, 0) is 19.0 Å². The van der Waals surface area contributed by atoms with Crippen molar-refractivity contribution in [1.82, 2.24) is 5.32 Å². The molecule has 114 valence electrons. The third-order valence-electron chi connectivity index (χ3n) is 2.89. The summed E-state index contributed by atoms with van der Waals surface area (Å²) in [6.07, 6.45) is 2.51. The first-order valence-electron chi connectivity index (χ1n) is 7.09. The number of hydrogen-bond donors (Lipinski definition) is 1. The van der Waals surface area contributed by atoms with Crippen molar-refractivity contribution in [2.45, 2.75) is 45.6 Å². The monoisotopic (exact) mass is 275 g/mol. The van der Waals surface area contributed by atoms with Crippen LogP contribution in [0.2, 0.25) is 0 Å². The Morgan fingerprint density at radius 1 is 1.21 bits per heavy atom. The van der Waals surface area contributed by atoms with Crippen LogP contribution in [0.3, 0.4) is 0 Å². The van der Waals surface area contributed by atoms with Crippen molar-refractivity contribution in [1.29, 1.82) is 0 Å². The first-order valence-corrected chi connectivity index (χ1v) is 7.09. The van der Waals surface area contributed by atoms with E-state index in [1.807, 2.05) is 13.8 Å². The van der Waals surface area contributed by atoms with E-state index in [0.29, 0.717) is 32.8 Å². The summed E-state index contributed by atoms with van der Waals surface area (Å²) in [6, 6.07) is 0. The van der Waals surface area contributed by atoms with Gasteiger partial charge in [-0.1, -0.05) is 6.92 Å². The Labute approximate surface area is 117 Å². The molecule has 0 saturated carbocycles. The zero-order chi connectivity index (χ0) is 14.6. The van der Waals surface area contributed by atoms with Gasteiger partial charge in [0.1, 0.15) is 5.54 Å². The molecule has 0 aromatic carbocycles. The van der Waals surface area contributed by atoms with Gasteiger partial charge < -0.3 is 19.5 Å². The Morgan fingerprint density at radius 2 is 1.95 bits per heavy atom. The summed E-state index contributed by atoms with van der Waals surface area (Å²) >= 11 is 0. The van der Waals surface area contributed by atoms with Gasteiger partial charge in [0.05, 0.1) is 19.8 Å². The normalized spacial score (nSPS) is 14.1. The number of nitrogens with one attached hydrogen (secondary N) is 1. The Bertz CT molecular complexity index is 235. The number of methoxy groups -OCH3 is 1. The van der Waals surface area contributed by atoms with Gasteiger partial charge in [0.15, 0.2) is 0 Å². The molecular formula is C14H29NO4. The first kappa shape index (κ1) is 18.4. The van der Waals surface area contributed by atoms with Crippen molar-refractivity contribution in [3.05, 3.63) is 0 Å². The smallest absolute Gasteiger partial charge is 0.326 e. The van der Waals surface area contributed by atoms with Gasteiger partial charge in [-0.15, -0.1) is 0 Å². The Morgan fingerprint density at radius 3 is 2.53 bits per heavy atom. The molecule has 0 rings (SSSR count). The molecule has 5 nitrogen and oxygen atoms in total. The molecule has 0 aliphatic carbocycles. The molecule has 19 heavy (non-hydrogen) atoms. The summed E-state index contributed by atoms with van der Waals surface area (Å²) in [5.41, 5.74) is -0.614. The summed E-state index contributed by atoms with van der Waals surface area (Å²) in [5, 5.41) is 3.28. The second-order valence-electron chi connectivity index (χ2n) is 4.69. The fourth-order valence-corrected chi connectivity index (χ4v) is 1.73. The summed E-state index contributed by atoms with van der Waals surface area (Å²) in [7, 11) is 1.65. The van der Waals surface area contributed by atoms with Gasteiger partial charge in [-0.2, -0.15) is 0 Å². The van der Waals surface area contributed by atoms with E-state index in [1.165, 1.54) is 0 Å². The zero-order valence-corrected chi connectivity index (χ0v) is 12.8. The van der Waals surface area contributed by atoms with E-state index >= 15 is 0 Å². The topological polar surface area (TPSA) is 56.8 Å². The number of carbonyl (C=O) groups excluding carboxylic acids is 1. The first-order chi connectivity index (χ1) is 9.10. The van der Waals surface area contributed by atoms with Crippen LogP contribution in [0.1, 0.15) is 40.0 Å². The van der Waals surface area contributed by atoms with Crippen molar-refractivity contribution in [3.8, 4) is 0 Å². The van der Waals surface area contributed by atoms with Crippen molar-refractivity contribution < 1.29 is 19.0 Å². The van der Waals surface area contributed by atoms with Crippen LogP contribution >= 0.6 is 0 Å². The summed E-state index contributed by atoms with van der Waals surface area (Å²) in [5.74, 6) is -0.180. The van der Waals surface area contributed by atoms with E-state index in [4.69, 9.17) is 14.2 Å². The maximum absolute atomic E-state index is 12.0. The van der Waals surface area contributed by atoms with Crippen molar-refractivity contribution >= 4 is 5.97 Å². The van der Waals surface area contributed by atoms with Crippen molar-refractivity contribution in [2.75, 3.05) is 40.1 Å². The molecule has 1 unspecified atom stereocenters. The maximum Gasteiger partial charge on any atom is 0.326 e. The number of hydrogen-bond acceptors (Lipinski definition) is 5. The lowest BCUT2D eigenvalue weighted by atomic mass is 9.95. The highest BCUT2D eigenvalue weighted by Gasteiger charge is 2.33. The van der Waals surface area contributed by atoms with Gasteiger partial charge in [0.25, 0.3) is 0 Å². The van der Waals surface area contributed by atoms with Gasteiger partial charge >= 0.3 is 5.97 Å². The number of carbonyl (C=O) groups is 1. The average molecular weight is 275 g/mol. The molecule has 0 aromatic rings. The minimum atomic E-state index is -0.614. The van der Waals surface area contributed by atoms with E-state index in [-0.39, 0.29) is 5.97 Å². The number of rotatable bonds is 12. The molecule has 0 fully saturated rings. The van der Waals surface area contributed by atoms with Gasteiger partial charge in [-0.3, -0.25) is 4.79 Å². The third-order valence-corrected chi connectivity index (χ3v) is 2.89. The highest BCUT2D eigenvalue weighted by Crippen LogP contribution is 2.15. The lowest BCUT2D eigenvalue weighted by Gasteiger charge is -2.28. The van der Waals surface area contributed by atoms with Crippen LogP contribution in [-0.4, -0.2) is 51.6 Å². The molecule has 0 aromatic heterocycles. The molecule has 0 aliphatic rings. The highest BCUT2D eigenvalue weighted by molar-refractivity contribution is 5.80. The van der Waals surface area contributed by atoms with Crippen LogP contribution in [0.15, 0.2) is 0 Å². The molecular weight excluding hydrogens is 246 g/mol. The molecule has 0 amide bonds. The quantitative estimate of drug-likeness (QED) is 0.434. The lowest BCUT2D eigenvalue weighted by molar-refractivity contribution is -0.151. The summed E-state index contributed by atoms with van der Waals surface area (Å²) in [6.45, 7) is 8.84. The van der Waals surface area contributed by atoms with Crippen LogP contribution in [0, 0.1) is 0 Å². The Hall–Kier alpha value is -0.650. The van der Waals surface area contributed by atoms with E-state index in [2.05, 4.69) is 12.2 Å². The third kappa shape index (κ3) is 8.18. The standard InChI is InChI=1S/C14H29NO4/c1-5-9-15-14(3,13(16)19-6-2)8-7-10-18-12-11-17-4/h15H,5-12H2,1-4H3. The molecule has 0 saturated heterocycles. The molecule has 1 atom stereocenters. The summed E-state index contributed by atoms with van der Waals surface area (Å²) in [4.78, 5) is 12.0. The van der Waals surface area contributed by atoms with E-state index < -0.39 is 5.54 Å². The predicted molar refractivity (Wildman–Crippen MR) is 75.3 cm³/mol. The van der Waals surface area contributed by atoms with Crippen LogP contribution in [0.4, 0.5) is 0 Å². The molecule has 0 heterocycles. The van der Waals surface area contributed by atoms with Crippen molar-refractivity contribution in [3.63, 3.8) is 0 Å². The van der Waals surface area contributed by atoms with Gasteiger partial charge in [-0.05, 0) is 39.7 Å². The summed E-state index contributed by atoms with van der Waals surface area (Å²) < 4.78 is 15.4. The molecule has 5 heteroatoms. The van der Waals surface area contributed by atoms with Crippen LogP contribution in [0.5, 0.6) is 0 Å². The van der Waals surface area contributed by atoms with Gasteiger partial charge in [0, 0.05) is 13.7 Å². The van der Waals surface area contributed by atoms with Crippen molar-refractivity contribution in [2.24, 2.45) is 0 Å². The largest absolute Gasteiger partial charge is 0.465 e. The fraction of sp³-hybridized carbons (Fsp3) is 0.929. The van der Waals surface area contributed by atoms with E-state index in [9.17, 15) is 4.79 Å². The number of esters is 1. The van der Waals surface area contributed by atoms with Crippen LogP contribution in [0.25, 0.3) is 0 Å². The molecule has 0 spiro atoms. The minimum absolute atomic E-state index is 0.180. The fourth-order valence-electron chi connectivity index (χ4n) is 1.73. The maximum atomic E-state index is 12.0. The SMILES string of the molecule is CCCNC(C)(CCCOCCOC)C(=O)OCC. The van der Waals surface area contributed by atoms with Gasteiger partial charge in [-0.25, -0.2) is 0 Å². The Kier molecular flexibility index (Phi) is 10.8. The highest BCUT2D eigenvalue weighted by atomic mass is 16.5. The molecule has 0 aliphatic heterocycles. The zero-order valence-electron chi connectivity index (χ0n) is 12.8. The van der Waals surface area contributed by atoms with Crippen LogP contribution < -0.4 is 5.32 Å². The molecule has 1 N–H and O–H groups in total. The van der Waals surface area contributed by atoms with E-state index in [1.54, 1.807) is 7.11 Å². The second-order valence-corrected chi connectivity index (χ2v) is 4.69. The second kappa shape index (κ2) is 11.2. The minimum Gasteiger partial charge on any atom is -0.465 e. The number of ether oxygens (including phenoxy) is 3. The van der Waals surface area contributed by atoms with Gasteiger partial charge in [0.2, 0.25) is 0 Å².